The largest absolute Gasteiger partial charge is 0.497 e. The quantitative estimate of drug-likeness (QED) is 0.468. The molecular formula is C24H25N7O2. The first-order valence-electron chi connectivity index (χ1n) is 10.9. The number of benzene rings is 2. The van der Waals surface area contributed by atoms with Crippen LogP contribution in [0.4, 0.5) is 5.82 Å². The second-order valence-corrected chi connectivity index (χ2v) is 8.10. The Morgan fingerprint density at radius 1 is 0.970 bits per heavy atom. The van der Waals surface area contributed by atoms with Gasteiger partial charge in [-0.15, -0.1) is 5.10 Å². The van der Waals surface area contributed by atoms with Gasteiger partial charge in [0.1, 0.15) is 12.1 Å². The maximum Gasteiger partial charge on any atom is 0.227 e. The smallest absolute Gasteiger partial charge is 0.227 e. The molecule has 4 aromatic rings. The van der Waals surface area contributed by atoms with E-state index in [0.717, 1.165) is 22.8 Å². The molecule has 0 aliphatic carbocycles. The minimum atomic E-state index is 0.123. The van der Waals surface area contributed by atoms with Crippen molar-refractivity contribution in [1.29, 1.82) is 0 Å². The minimum Gasteiger partial charge on any atom is -0.497 e. The van der Waals surface area contributed by atoms with Crippen LogP contribution in [-0.4, -0.2) is 69.1 Å². The van der Waals surface area contributed by atoms with Crippen LogP contribution in [0, 0.1) is 6.92 Å². The third-order valence-corrected chi connectivity index (χ3v) is 5.94. The van der Waals surface area contributed by atoms with E-state index in [2.05, 4.69) is 25.2 Å². The first kappa shape index (κ1) is 20.9. The summed E-state index contributed by atoms with van der Waals surface area (Å²) in [6, 6.07) is 15.7. The van der Waals surface area contributed by atoms with E-state index >= 15 is 0 Å². The average molecular weight is 444 g/mol. The highest BCUT2D eigenvalue weighted by atomic mass is 16.5. The van der Waals surface area contributed by atoms with E-state index in [1.54, 1.807) is 18.1 Å². The molecule has 1 fully saturated rings. The number of aromatic nitrogens is 5. The molecule has 1 aliphatic rings. The summed E-state index contributed by atoms with van der Waals surface area (Å²) in [5.74, 6) is 1.66. The van der Waals surface area contributed by atoms with Crippen molar-refractivity contribution < 1.29 is 9.53 Å². The molecule has 0 N–H and O–H groups in total. The number of ether oxygens (including phenoxy) is 1. The molecule has 3 heterocycles. The van der Waals surface area contributed by atoms with Crippen molar-refractivity contribution in [3.05, 3.63) is 66.0 Å². The number of hydrogen-bond donors (Lipinski definition) is 0. The monoisotopic (exact) mass is 443 g/mol. The topological polar surface area (TPSA) is 89.3 Å². The van der Waals surface area contributed by atoms with Crippen LogP contribution in [0.2, 0.25) is 0 Å². The van der Waals surface area contributed by atoms with Gasteiger partial charge >= 0.3 is 0 Å². The van der Waals surface area contributed by atoms with Gasteiger partial charge in [0, 0.05) is 26.2 Å². The molecule has 33 heavy (non-hydrogen) atoms. The number of hydrogen-bond acceptors (Lipinski definition) is 7. The molecule has 0 saturated carbocycles. The number of piperazine rings is 1. The summed E-state index contributed by atoms with van der Waals surface area (Å²) in [6.45, 7) is 4.67. The third kappa shape index (κ3) is 4.21. The lowest BCUT2D eigenvalue weighted by atomic mass is 10.1. The summed E-state index contributed by atoms with van der Waals surface area (Å²) < 4.78 is 6.91. The van der Waals surface area contributed by atoms with Gasteiger partial charge in [0.05, 0.1) is 19.2 Å². The Bertz CT molecular complexity index is 1260. The van der Waals surface area contributed by atoms with E-state index in [-0.39, 0.29) is 5.91 Å². The number of nitrogens with zero attached hydrogens (tertiary/aromatic N) is 7. The highest BCUT2D eigenvalue weighted by molar-refractivity contribution is 5.84. The zero-order chi connectivity index (χ0) is 22.8. The van der Waals surface area contributed by atoms with Crippen LogP contribution in [-0.2, 0) is 11.2 Å². The third-order valence-electron chi connectivity index (χ3n) is 5.94. The normalized spacial score (nSPS) is 14.0. The highest BCUT2D eigenvalue weighted by Gasteiger charge is 2.25. The molecule has 2 aromatic carbocycles. The molecule has 0 radical (unpaired) electrons. The Morgan fingerprint density at radius 3 is 2.39 bits per heavy atom. The zero-order valence-corrected chi connectivity index (χ0v) is 18.7. The number of amides is 1. The van der Waals surface area contributed by atoms with Gasteiger partial charge < -0.3 is 14.5 Å². The van der Waals surface area contributed by atoms with Gasteiger partial charge in [-0.1, -0.05) is 35.0 Å². The lowest BCUT2D eigenvalue weighted by Gasteiger charge is -2.35. The minimum absolute atomic E-state index is 0.123. The summed E-state index contributed by atoms with van der Waals surface area (Å²) in [6.07, 6.45) is 1.93. The first-order chi connectivity index (χ1) is 16.1. The van der Waals surface area contributed by atoms with E-state index < -0.39 is 0 Å². The van der Waals surface area contributed by atoms with Crippen molar-refractivity contribution in [2.75, 3.05) is 38.2 Å². The van der Waals surface area contributed by atoms with Crippen molar-refractivity contribution >= 4 is 22.9 Å². The molecule has 0 unspecified atom stereocenters. The van der Waals surface area contributed by atoms with Gasteiger partial charge in [0.2, 0.25) is 5.91 Å². The lowest BCUT2D eigenvalue weighted by Crippen LogP contribution is -2.49. The lowest BCUT2D eigenvalue weighted by molar-refractivity contribution is -0.130. The molecule has 9 nitrogen and oxygen atoms in total. The SMILES string of the molecule is COc1ccc(CC(=O)N2CCN(c3ncnc4c3nnn4-c3ccc(C)cc3)CC2)cc1. The maximum atomic E-state index is 12.8. The zero-order valence-electron chi connectivity index (χ0n) is 18.7. The Morgan fingerprint density at radius 2 is 1.70 bits per heavy atom. The standard InChI is InChI=1S/C24H25N7O2/c1-17-3-7-19(8-4-17)31-24-22(27-28-31)23(25-16-26-24)30-13-11-29(12-14-30)21(32)15-18-5-9-20(33-2)10-6-18/h3-10,16H,11-15H2,1-2H3. The van der Waals surface area contributed by atoms with Gasteiger partial charge in [0.15, 0.2) is 17.0 Å². The van der Waals surface area contributed by atoms with Crippen LogP contribution in [0.5, 0.6) is 5.75 Å². The Kier molecular flexibility index (Phi) is 5.60. The Hall–Kier alpha value is -4.01. The summed E-state index contributed by atoms with van der Waals surface area (Å²) in [7, 11) is 1.63. The summed E-state index contributed by atoms with van der Waals surface area (Å²) in [5, 5.41) is 8.69. The van der Waals surface area contributed by atoms with Crippen LogP contribution in [0.3, 0.4) is 0 Å². The van der Waals surface area contributed by atoms with E-state index in [4.69, 9.17) is 4.74 Å². The molecule has 1 amide bonds. The van der Waals surface area contributed by atoms with Crippen LogP contribution in [0.15, 0.2) is 54.9 Å². The van der Waals surface area contributed by atoms with Crippen LogP contribution in [0.1, 0.15) is 11.1 Å². The molecule has 5 rings (SSSR count). The molecule has 2 aromatic heterocycles. The Labute approximate surface area is 191 Å². The predicted molar refractivity (Wildman–Crippen MR) is 125 cm³/mol. The molecule has 168 valence electrons. The molecular weight excluding hydrogens is 418 g/mol. The molecule has 0 atom stereocenters. The van der Waals surface area contributed by atoms with E-state index in [9.17, 15) is 4.79 Å². The van der Waals surface area contributed by atoms with Gasteiger partial charge in [-0.2, -0.15) is 4.68 Å². The van der Waals surface area contributed by atoms with E-state index in [1.807, 2.05) is 60.4 Å². The fraction of sp³-hybridized carbons (Fsp3) is 0.292. The molecule has 0 spiro atoms. The molecule has 1 saturated heterocycles. The summed E-state index contributed by atoms with van der Waals surface area (Å²) >= 11 is 0. The second-order valence-electron chi connectivity index (χ2n) is 8.10. The van der Waals surface area contributed by atoms with E-state index in [0.29, 0.717) is 43.8 Å². The van der Waals surface area contributed by atoms with Gasteiger partial charge in [-0.3, -0.25) is 4.79 Å². The van der Waals surface area contributed by atoms with Crippen molar-refractivity contribution in [1.82, 2.24) is 29.9 Å². The van der Waals surface area contributed by atoms with Crippen molar-refractivity contribution in [2.45, 2.75) is 13.3 Å². The highest BCUT2D eigenvalue weighted by Crippen LogP contribution is 2.24. The molecule has 9 heteroatoms. The Balaban J connectivity index is 1.28. The van der Waals surface area contributed by atoms with Gasteiger partial charge in [-0.25, -0.2) is 9.97 Å². The number of methoxy groups -OCH3 is 1. The number of aryl methyl sites for hydroxylation is 1. The summed E-state index contributed by atoms with van der Waals surface area (Å²) in [4.78, 5) is 25.8. The first-order valence-corrected chi connectivity index (χ1v) is 10.9. The number of rotatable bonds is 5. The van der Waals surface area contributed by atoms with Crippen LogP contribution in [0.25, 0.3) is 16.9 Å². The molecule has 0 bridgehead atoms. The fourth-order valence-corrected chi connectivity index (χ4v) is 4.03. The molecule has 1 aliphatic heterocycles. The van der Waals surface area contributed by atoms with Gasteiger partial charge in [-0.05, 0) is 36.8 Å². The predicted octanol–water partition coefficient (Wildman–Crippen LogP) is 2.42. The fourth-order valence-electron chi connectivity index (χ4n) is 4.03. The van der Waals surface area contributed by atoms with Crippen molar-refractivity contribution in [2.24, 2.45) is 0 Å². The van der Waals surface area contributed by atoms with Crippen molar-refractivity contribution in [3.63, 3.8) is 0 Å². The second kappa shape index (κ2) is 8.85. The van der Waals surface area contributed by atoms with E-state index in [1.165, 1.54) is 5.56 Å². The van der Waals surface area contributed by atoms with Crippen LogP contribution < -0.4 is 9.64 Å². The average Bonchev–Trinajstić information content (AvgIpc) is 3.29. The number of fused-ring (bicyclic) bond motifs is 1. The maximum absolute atomic E-state index is 12.8. The van der Waals surface area contributed by atoms with Crippen molar-refractivity contribution in [3.8, 4) is 11.4 Å². The number of anilines is 1. The number of carbonyl (C=O) groups excluding carboxylic acids is 1. The summed E-state index contributed by atoms with van der Waals surface area (Å²) in [5.41, 5.74) is 4.39. The van der Waals surface area contributed by atoms with Gasteiger partial charge in [0.25, 0.3) is 0 Å². The number of carbonyl (C=O) groups is 1. The van der Waals surface area contributed by atoms with Crippen LogP contribution >= 0.6 is 0 Å².